The summed E-state index contributed by atoms with van der Waals surface area (Å²) in [5, 5.41) is 11.3. The summed E-state index contributed by atoms with van der Waals surface area (Å²) in [6.45, 7) is 8.85. The van der Waals surface area contributed by atoms with Gasteiger partial charge < -0.3 is 5.32 Å². The van der Waals surface area contributed by atoms with Crippen molar-refractivity contribution < 1.29 is 0 Å². The van der Waals surface area contributed by atoms with Gasteiger partial charge >= 0.3 is 0 Å². The highest BCUT2D eigenvalue weighted by Gasteiger charge is 2.07. The average Bonchev–Trinajstić information content (AvgIpc) is 2.51. The molecule has 0 fully saturated rings. The monoisotopic (exact) mass is 210 g/mol. The smallest absolute Gasteiger partial charge is 0.0725 e. The Morgan fingerprint density at radius 3 is 2.60 bits per heavy atom. The summed E-state index contributed by atoms with van der Waals surface area (Å²) in [7, 11) is 1.94. The summed E-state index contributed by atoms with van der Waals surface area (Å²) in [5.74, 6) is 1.34. The number of rotatable bonds is 6. The number of nitrogens with zero attached hydrogens (tertiary/aromatic N) is 3. The molecule has 1 aromatic rings. The first-order valence-electron chi connectivity index (χ1n) is 5.64. The van der Waals surface area contributed by atoms with Gasteiger partial charge in [0.25, 0.3) is 0 Å². The summed E-state index contributed by atoms with van der Waals surface area (Å²) in [5.41, 5.74) is 1.20. The normalized spacial score (nSPS) is 13.4. The molecule has 1 N–H and O–H groups in total. The molecule has 1 unspecified atom stereocenters. The fraction of sp³-hybridized carbons (Fsp3) is 0.818. The van der Waals surface area contributed by atoms with Crippen LogP contribution in [0.2, 0.25) is 0 Å². The van der Waals surface area contributed by atoms with Crippen molar-refractivity contribution in [3.05, 3.63) is 11.9 Å². The Hall–Kier alpha value is -0.900. The van der Waals surface area contributed by atoms with Crippen molar-refractivity contribution in [2.45, 2.75) is 27.2 Å². The van der Waals surface area contributed by atoms with E-state index in [1.54, 1.807) is 0 Å². The molecular formula is C11H22N4. The minimum absolute atomic E-state index is 0.626. The second-order valence-corrected chi connectivity index (χ2v) is 4.71. The standard InChI is InChI=1S/C11H22N4/c1-9(2)6-12-7-10(3)5-11-8-13-14-15(11)4/h8-10,12H,5-7H2,1-4H3. The Labute approximate surface area is 92.1 Å². The lowest BCUT2D eigenvalue weighted by molar-refractivity contribution is 0.464. The molecule has 0 aliphatic rings. The van der Waals surface area contributed by atoms with Crippen molar-refractivity contribution in [1.82, 2.24) is 20.3 Å². The summed E-state index contributed by atoms with van der Waals surface area (Å²) >= 11 is 0. The zero-order valence-electron chi connectivity index (χ0n) is 10.2. The molecule has 0 bridgehead atoms. The SMILES string of the molecule is CC(C)CNCC(C)Cc1cnnn1C. The van der Waals surface area contributed by atoms with Gasteiger partial charge in [-0.05, 0) is 31.3 Å². The van der Waals surface area contributed by atoms with E-state index in [0.717, 1.165) is 25.4 Å². The maximum atomic E-state index is 3.92. The Bertz CT molecular complexity index is 280. The molecule has 1 atom stereocenters. The molecule has 0 radical (unpaired) electrons. The lowest BCUT2D eigenvalue weighted by Gasteiger charge is -2.13. The summed E-state index contributed by atoms with van der Waals surface area (Å²) in [4.78, 5) is 0. The molecule has 0 aromatic carbocycles. The molecule has 15 heavy (non-hydrogen) atoms. The van der Waals surface area contributed by atoms with E-state index in [1.165, 1.54) is 5.69 Å². The maximum absolute atomic E-state index is 3.92. The zero-order valence-corrected chi connectivity index (χ0v) is 10.2. The van der Waals surface area contributed by atoms with Crippen LogP contribution in [-0.4, -0.2) is 28.1 Å². The molecule has 0 aliphatic heterocycles. The van der Waals surface area contributed by atoms with Crippen LogP contribution in [0.15, 0.2) is 6.20 Å². The van der Waals surface area contributed by atoms with E-state index in [9.17, 15) is 0 Å². The molecule has 0 amide bonds. The van der Waals surface area contributed by atoms with Crippen LogP contribution in [0.1, 0.15) is 26.5 Å². The van der Waals surface area contributed by atoms with Crippen LogP contribution in [-0.2, 0) is 13.5 Å². The van der Waals surface area contributed by atoms with Gasteiger partial charge in [-0.1, -0.05) is 26.0 Å². The molecule has 1 aromatic heterocycles. The van der Waals surface area contributed by atoms with Crippen LogP contribution in [0.3, 0.4) is 0 Å². The Balaban J connectivity index is 2.24. The van der Waals surface area contributed by atoms with Gasteiger partial charge in [-0.3, -0.25) is 4.68 Å². The third-order valence-corrected chi connectivity index (χ3v) is 2.41. The molecule has 4 nitrogen and oxygen atoms in total. The Morgan fingerprint density at radius 1 is 1.33 bits per heavy atom. The van der Waals surface area contributed by atoms with Crippen LogP contribution < -0.4 is 5.32 Å². The van der Waals surface area contributed by atoms with Crippen LogP contribution in [0, 0.1) is 11.8 Å². The average molecular weight is 210 g/mol. The molecule has 0 saturated heterocycles. The summed E-state index contributed by atoms with van der Waals surface area (Å²) in [6, 6.07) is 0. The van der Waals surface area contributed by atoms with Gasteiger partial charge in [0, 0.05) is 7.05 Å². The van der Waals surface area contributed by atoms with Crippen molar-refractivity contribution in [2.24, 2.45) is 18.9 Å². The predicted molar refractivity (Wildman–Crippen MR) is 61.6 cm³/mol. The number of nitrogens with one attached hydrogen (secondary N) is 1. The van der Waals surface area contributed by atoms with Gasteiger partial charge in [0.05, 0.1) is 11.9 Å². The van der Waals surface area contributed by atoms with Gasteiger partial charge in [0.2, 0.25) is 0 Å². The maximum Gasteiger partial charge on any atom is 0.0725 e. The first kappa shape index (κ1) is 12.2. The molecule has 1 heterocycles. The van der Waals surface area contributed by atoms with Gasteiger partial charge in [0.1, 0.15) is 0 Å². The van der Waals surface area contributed by atoms with E-state index in [1.807, 2.05) is 17.9 Å². The largest absolute Gasteiger partial charge is 0.316 e. The van der Waals surface area contributed by atoms with Crippen LogP contribution in [0.5, 0.6) is 0 Å². The third-order valence-electron chi connectivity index (χ3n) is 2.41. The van der Waals surface area contributed by atoms with E-state index in [2.05, 4.69) is 36.4 Å². The van der Waals surface area contributed by atoms with Crippen LogP contribution in [0.25, 0.3) is 0 Å². The Morgan fingerprint density at radius 2 is 2.07 bits per heavy atom. The summed E-state index contributed by atoms with van der Waals surface area (Å²) in [6.07, 6.45) is 2.88. The van der Waals surface area contributed by atoms with Crippen molar-refractivity contribution in [1.29, 1.82) is 0 Å². The summed E-state index contributed by atoms with van der Waals surface area (Å²) < 4.78 is 1.85. The minimum Gasteiger partial charge on any atom is -0.316 e. The first-order chi connectivity index (χ1) is 7.09. The molecule has 0 spiro atoms. The minimum atomic E-state index is 0.626. The molecule has 0 aliphatic carbocycles. The van der Waals surface area contributed by atoms with Crippen molar-refractivity contribution >= 4 is 0 Å². The fourth-order valence-electron chi connectivity index (χ4n) is 1.54. The van der Waals surface area contributed by atoms with Gasteiger partial charge in [-0.25, -0.2) is 0 Å². The number of aryl methyl sites for hydroxylation is 1. The van der Waals surface area contributed by atoms with E-state index in [-0.39, 0.29) is 0 Å². The van der Waals surface area contributed by atoms with Crippen molar-refractivity contribution in [2.75, 3.05) is 13.1 Å². The predicted octanol–water partition coefficient (Wildman–Crippen LogP) is 1.24. The highest BCUT2D eigenvalue weighted by molar-refractivity contribution is 4.94. The molecule has 86 valence electrons. The van der Waals surface area contributed by atoms with Gasteiger partial charge in [-0.2, -0.15) is 0 Å². The van der Waals surface area contributed by atoms with Crippen LogP contribution in [0.4, 0.5) is 0 Å². The fourth-order valence-corrected chi connectivity index (χ4v) is 1.54. The Kier molecular flexibility index (Phi) is 4.75. The number of hydrogen-bond donors (Lipinski definition) is 1. The quantitative estimate of drug-likeness (QED) is 0.768. The first-order valence-corrected chi connectivity index (χ1v) is 5.64. The van der Waals surface area contributed by atoms with E-state index < -0.39 is 0 Å². The second-order valence-electron chi connectivity index (χ2n) is 4.71. The topological polar surface area (TPSA) is 42.7 Å². The molecule has 4 heteroatoms. The third kappa shape index (κ3) is 4.42. The second kappa shape index (κ2) is 5.85. The molecule has 0 saturated carbocycles. The van der Waals surface area contributed by atoms with E-state index >= 15 is 0 Å². The van der Waals surface area contributed by atoms with Crippen molar-refractivity contribution in [3.63, 3.8) is 0 Å². The zero-order chi connectivity index (χ0) is 11.3. The highest BCUT2D eigenvalue weighted by Crippen LogP contribution is 2.05. The van der Waals surface area contributed by atoms with Crippen LogP contribution >= 0.6 is 0 Å². The highest BCUT2D eigenvalue weighted by atomic mass is 15.4. The van der Waals surface area contributed by atoms with E-state index in [4.69, 9.17) is 0 Å². The molecule has 1 rings (SSSR count). The number of hydrogen-bond acceptors (Lipinski definition) is 3. The van der Waals surface area contributed by atoms with E-state index in [0.29, 0.717) is 5.92 Å². The van der Waals surface area contributed by atoms with Crippen molar-refractivity contribution in [3.8, 4) is 0 Å². The molecular weight excluding hydrogens is 188 g/mol. The number of aromatic nitrogens is 3. The van der Waals surface area contributed by atoms with Gasteiger partial charge in [0.15, 0.2) is 0 Å². The lowest BCUT2D eigenvalue weighted by Crippen LogP contribution is -2.26. The van der Waals surface area contributed by atoms with Gasteiger partial charge in [-0.15, -0.1) is 5.10 Å². The lowest BCUT2D eigenvalue weighted by atomic mass is 10.1.